The maximum absolute atomic E-state index is 11.7. The summed E-state index contributed by atoms with van der Waals surface area (Å²) in [5.74, 6) is 0.262. The fraction of sp³-hybridized carbons (Fsp3) is 0.167. The smallest absolute Gasteiger partial charge is 0.338 e. The Morgan fingerprint density at radius 2 is 1.80 bits per heavy atom. The third-order valence-corrected chi connectivity index (χ3v) is 3.07. The van der Waals surface area contributed by atoms with Crippen molar-refractivity contribution in [2.45, 2.75) is 20.3 Å². The molecule has 0 amide bonds. The molecule has 102 valence electrons. The second-order valence-corrected chi connectivity index (χ2v) is 4.90. The van der Waals surface area contributed by atoms with Crippen molar-refractivity contribution in [2.75, 3.05) is 0 Å². The first-order valence-electron chi connectivity index (χ1n) is 6.58. The minimum atomic E-state index is -0.381. The molecule has 0 atom stereocenters. The van der Waals surface area contributed by atoms with Crippen LogP contribution in [0.3, 0.4) is 0 Å². The predicted molar refractivity (Wildman–Crippen MR) is 80.9 cm³/mol. The molecule has 0 fully saturated rings. The van der Waals surface area contributed by atoms with E-state index in [1.165, 1.54) is 5.56 Å². The highest BCUT2D eigenvalue weighted by molar-refractivity contribution is 5.89. The van der Waals surface area contributed by atoms with Gasteiger partial charge in [-0.1, -0.05) is 55.1 Å². The van der Waals surface area contributed by atoms with E-state index in [1.807, 2.05) is 43.3 Å². The van der Waals surface area contributed by atoms with Gasteiger partial charge in [0.05, 0.1) is 0 Å². The zero-order valence-electron chi connectivity index (χ0n) is 11.8. The summed E-state index contributed by atoms with van der Waals surface area (Å²) in [6, 6.07) is 16.0. The molecule has 0 aromatic heterocycles. The van der Waals surface area contributed by atoms with E-state index in [9.17, 15) is 4.79 Å². The Hall–Kier alpha value is -2.35. The van der Waals surface area contributed by atoms with Gasteiger partial charge in [0, 0.05) is 12.0 Å². The van der Waals surface area contributed by atoms with Crippen molar-refractivity contribution in [1.82, 2.24) is 0 Å². The zero-order valence-corrected chi connectivity index (χ0v) is 11.8. The van der Waals surface area contributed by atoms with Gasteiger partial charge in [0.1, 0.15) is 5.75 Å². The zero-order chi connectivity index (χ0) is 14.5. The minimum Gasteiger partial charge on any atom is -0.423 e. The molecule has 2 heteroatoms. The molecule has 0 N–H and O–H groups in total. The molecule has 0 saturated carbocycles. The lowest BCUT2D eigenvalue weighted by Crippen LogP contribution is -2.11. The van der Waals surface area contributed by atoms with Gasteiger partial charge in [-0.05, 0) is 30.5 Å². The molecule has 0 aliphatic heterocycles. The third-order valence-electron chi connectivity index (χ3n) is 3.07. The number of rotatable bonds is 4. The van der Waals surface area contributed by atoms with Crippen LogP contribution in [-0.4, -0.2) is 5.97 Å². The topological polar surface area (TPSA) is 26.3 Å². The van der Waals surface area contributed by atoms with E-state index in [2.05, 4.69) is 18.7 Å². The summed E-state index contributed by atoms with van der Waals surface area (Å²) in [4.78, 5) is 11.7. The molecule has 0 heterocycles. The monoisotopic (exact) mass is 266 g/mol. The first kappa shape index (κ1) is 14.1. The van der Waals surface area contributed by atoms with E-state index in [4.69, 9.17) is 4.74 Å². The number of hydrogen-bond donors (Lipinski definition) is 0. The van der Waals surface area contributed by atoms with Crippen LogP contribution in [0.2, 0.25) is 0 Å². The number of para-hydroxylation sites is 1. The Morgan fingerprint density at radius 3 is 2.45 bits per heavy atom. The lowest BCUT2D eigenvalue weighted by molar-refractivity contribution is -0.130. The van der Waals surface area contributed by atoms with Crippen LogP contribution in [0.5, 0.6) is 5.75 Å². The molecule has 0 radical (unpaired) electrons. The normalized spacial score (nSPS) is 10.1. The molecule has 20 heavy (non-hydrogen) atoms. The standard InChI is InChI=1S/C18H18O2/c1-13(2)18(19)20-17-14(3)8-7-11-16(17)12-15-9-5-4-6-10-15/h4-11H,1,12H2,2-3H3. The van der Waals surface area contributed by atoms with Gasteiger partial charge in [-0.2, -0.15) is 0 Å². The Kier molecular flexibility index (Phi) is 4.36. The molecule has 0 aliphatic rings. The number of benzene rings is 2. The van der Waals surface area contributed by atoms with Crippen LogP contribution in [-0.2, 0) is 11.2 Å². The van der Waals surface area contributed by atoms with Crippen LogP contribution in [0, 0.1) is 6.92 Å². The Bertz CT molecular complexity index is 627. The van der Waals surface area contributed by atoms with Gasteiger partial charge < -0.3 is 4.74 Å². The van der Waals surface area contributed by atoms with Crippen LogP contribution < -0.4 is 4.74 Å². The second kappa shape index (κ2) is 6.20. The summed E-state index contributed by atoms with van der Waals surface area (Å²) < 4.78 is 5.47. The first-order valence-corrected chi connectivity index (χ1v) is 6.58. The summed E-state index contributed by atoms with van der Waals surface area (Å²) in [5.41, 5.74) is 3.54. The highest BCUT2D eigenvalue weighted by atomic mass is 16.5. The fourth-order valence-corrected chi connectivity index (χ4v) is 1.99. The van der Waals surface area contributed by atoms with Gasteiger partial charge in [0.2, 0.25) is 0 Å². The van der Waals surface area contributed by atoms with Crippen molar-refractivity contribution < 1.29 is 9.53 Å². The number of hydrogen-bond acceptors (Lipinski definition) is 2. The fourth-order valence-electron chi connectivity index (χ4n) is 1.99. The summed E-state index contributed by atoms with van der Waals surface area (Å²) in [7, 11) is 0. The van der Waals surface area contributed by atoms with E-state index in [1.54, 1.807) is 6.92 Å². The third kappa shape index (κ3) is 3.35. The van der Waals surface area contributed by atoms with E-state index < -0.39 is 0 Å². The molecule has 2 aromatic rings. The number of carbonyl (C=O) groups excluding carboxylic acids is 1. The molecule has 0 unspecified atom stereocenters. The molecule has 0 bridgehead atoms. The molecule has 0 aliphatic carbocycles. The van der Waals surface area contributed by atoms with Gasteiger partial charge in [-0.25, -0.2) is 4.79 Å². The van der Waals surface area contributed by atoms with Crippen molar-refractivity contribution in [3.63, 3.8) is 0 Å². The quantitative estimate of drug-likeness (QED) is 0.474. The molecule has 0 saturated heterocycles. The van der Waals surface area contributed by atoms with Crippen LogP contribution in [0.25, 0.3) is 0 Å². The van der Waals surface area contributed by atoms with Gasteiger partial charge >= 0.3 is 5.97 Å². The van der Waals surface area contributed by atoms with E-state index >= 15 is 0 Å². The maximum Gasteiger partial charge on any atom is 0.338 e. The SMILES string of the molecule is C=C(C)C(=O)Oc1c(C)cccc1Cc1ccccc1. The lowest BCUT2D eigenvalue weighted by atomic mass is 10.0. The van der Waals surface area contributed by atoms with Gasteiger partial charge in [-0.3, -0.25) is 0 Å². The van der Waals surface area contributed by atoms with Crippen LogP contribution in [0.15, 0.2) is 60.7 Å². The summed E-state index contributed by atoms with van der Waals surface area (Å²) in [6.45, 7) is 7.21. The van der Waals surface area contributed by atoms with Crippen molar-refractivity contribution in [3.8, 4) is 5.75 Å². The number of aryl methyl sites for hydroxylation is 1. The molecular weight excluding hydrogens is 248 g/mol. The predicted octanol–water partition coefficient (Wildman–Crippen LogP) is 4.07. The average Bonchev–Trinajstić information content (AvgIpc) is 2.43. The Labute approximate surface area is 119 Å². The Balaban J connectivity index is 2.31. The Morgan fingerprint density at radius 1 is 1.10 bits per heavy atom. The molecule has 2 nitrogen and oxygen atoms in total. The van der Waals surface area contributed by atoms with E-state index in [0.29, 0.717) is 11.3 Å². The summed E-state index contributed by atoms with van der Waals surface area (Å²) in [6.07, 6.45) is 0.737. The lowest BCUT2D eigenvalue weighted by Gasteiger charge is -2.13. The largest absolute Gasteiger partial charge is 0.423 e. The number of ether oxygens (including phenoxy) is 1. The van der Waals surface area contributed by atoms with Crippen molar-refractivity contribution in [1.29, 1.82) is 0 Å². The number of carbonyl (C=O) groups is 1. The van der Waals surface area contributed by atoms with Gasteiger partial charge in [-0.15, -0.1) is 0 Å². The van der Waals surface area contributed by atoms with E-state index in [-0.39, 0.29) is 5.97 Å². The van der Waals surface area contributed by atoms with Crippen LogP contribution >= 0.6 is 0 Å². The maximum atomic E-state index is 11.7. The minimum absolute atomic E-state index is 0.381. The highest BCUT2D eigenvalue weighted by Crippen LogP contribution is 2.26. The van der Waals surface area contributed by atoms with Gasteiger partial charge in [0.15, 0.2) is 0 Å². The summed E-state index contributed by atoms with van der Waals surface area (Å²) >= 11 is 0. The second-order valence-electron chi connectivity index (χ2n) is 4.90. The first-order chi connectivity index (χ1) is 9.58. The van der Waals surface area contributed by atoms with Crippen molar-refractivity contribution in [2.24, 2.45) is 0 Å². The average molecular weight is 266 g/mol. The molecule has 2 aromatic carbocycles. The molecule has 2 rings (SSSR count). The van der Waals surface area contributed by atoms with Crippen LogP contribution in [0.1, 0.15) is 23.6 Å². The molecular formula is C18H18O2. The number of esters is 1. The summed E-state index contributed by atoms with van der Waals surface area (Å²) in [5, 5.41) is 0. The highest BCUT2D eigenvalue weighted by Gasteiger charge is 2.12. The van der Waals surface area contributed by atoms with E-state index in [0.717, 1.165) is 17.5 Å². The van der Waals surface area contributed by atoms with Crippen LogP contribution in [0.4, 0.5) is 0 Å². The molecule has 0 spiro atoms. The van der Waals surface area contributed by atoms with Crippen molar-refractivity contribution >= 4 is 5.97 Å². The van der Waals surface area contributed by atoms with Crippen molar-refractivity contribution in [3.05, 3.63) is 77.4 Å². The van der Waals surface area contributed by atoms with Gasteiger partial charge in [0.25, 0.3) is 0 Å².